The Hall–Kier alpha value is -1.11. The van der Waals surface area contributed by atoms with E-state index in [-0.39, 0.29) is 12.8 Å². The Morgan fingerprint density at radius 3 is 2.17 bits per heavy atom. The second-order valence-corrected chi connectivity index (χ2v) is 4.69. The van der Waals surface area contributed by atoms with Gasteiger partial charge in [0.15, 0.2) is 0 Å². The molecule has 4 N–H and O–H groups in total. The Kier molecular flexibility index (Phi) is 7.57. The van der Waals surface area contributed by atoms with Crippen molar-refractivity contribution in [3.8, 4) is 0 Å². The van der Waals surface area contributed by atoms with E-state index in [1.165, 1.54) is 7.05 Å². The van der Waals surface area contributed by atoms with Gasteiger partial charge in [-0.05, 0) is 0 Å². The van der Waals surface area contributed by atoms with Crippen molar-refractivity contribution in [1.82, 2.24) is 4.90 Å². The Bertz CT molecular complexity index is 323. The van der Waals surface area contributed by atoms with Crippen molar-refractivity contribution in [1.29, 1.82) is 0 Å². The molecule has 0 heterocycles. The van der Waals surface area contributed by atoms with Crippen LogP contribution in [-0.4, -0.2) is 68.1 Å². The number of amides is 1. The van der Waals surface area contributed by atoms with Gasteiger partial charge in [0.25, 0.3) is 0 Å². The normalized spacial score (nSPS) is 13.7. The topological polar surface area (TPSA) is 121 Å². The summed E-state index contributed by atoms with van der Waals surface area (Å²) in [4.78, 5) is 34.2. The molecule has 8 heteroatoms. The molecule has 0 aromatic heterocycles. The molecule has 0 bridgehead atoms. The number of likely N-dealkylation sites (N-methyl/N-ethyl adjacent to an activating group) is 1. The van der Waals surface area contributed by atoms with Gasteiger partial charge in [0.2, 0.25) is 0 Å². The first-order chi connectivity index (χ1) is 8.31. The van der Waals surface area contributed by atoms with Crippen LogP contribution in [0.15, 0.2) is 0 Å². The van der Waals surface area contributed by atoms with Crippen molar-refractivity contribution in [3.63, 3.8) is 0 Å². The van der Waals surface area contributed by atoms with Crippen molar-refractivity contribution >= 4 is 33.9 Å². The second kappa shape index (κ2) is 8.07. The summed E-state index contributed by atoms with van der Waals surface area (Å²) in [5.74, 6) is -2.68. The summed E-state index contributed by atoms with van der Waals surface area (Å²) in [6.45, 7) is 0. The Morgan fingerprint density at radius 2 is 1.78 bits per heavy atom. The Morgan fingerprint density at radius 1 is 1.22 bits per heavy atom. The minimum atomic E-state index is -1.18. The molecule has 0 aromatic carbocycles. The van der Waals surface area contributed by atoms with Gasteiger partial charge in [-0.1, -0.05) is 0 Å². The van der Waals surface area contributed by atoms with Crippen LogP contribution < -0.4 is 5.73 Å². The molecule has 0 fully saturated rings. The molecular weight excluding hydrogens is 307 g/mol. The summed E-state index contributed by atoms with van der Waals surface area (Å²) >= 11 is 2.69. The summed E-state index contributed by atoms with van der Waals surface area (Å²) < 4.78 is 0. The monoisotopic (exact) mass is 325 g/mol. The number of carbonyl (C=O) groups is 3. The first-order valence-corrected chi connectivity index (χ1v) is 6.57. The number of carbonyl (C=O) groups excluding carboxylic acids is 1. The average molecular weight is 324 g/mol. The van der Waals surface area contributed by atoms with Gasteiger partial charge in [-0.2, -0.15) is 0 Å². The van der Waals surface area contributed by atoms with Gasteiger partial charge < -0.3 is 0 Å². The van der Waals surface area contributed by atoms with Crippen LogP contribution in [0.25, 0.3) is 0 Å². The molecule has 0 unspecified atom stereocenters. The second-order valence-electron chi connectivity index (χ2n) is 3.83. The predicted octanol–water partition coefficient (Wildman–Crippen LogP) is -0.933. The zero-order valence-corrected chi connectivity index (χ0v) is 11.7. The molecule has 0 rings (SSSR count). The van der Waals surface area contributed by atoms with Gasteiger partial charge in [0, 0.05) is 0 Å². The van der Waals surface area contributed by atoms with Crippen LogP contribution in [0, 0.1) is 0 Å². The van der Waals surface area contributed by atoms with Gasteiger partial charge in [-0.3, -0.25) is 0 Å². The van der Waals surface area contributed by atoms with E-state index in [1.54, 1.807) is 0 Å². The van der Waals surface area contributed by atoms with Crippen LogP contribution in [0.5, 0.6) is 0 Å². The molecule has 0 aliphatic rings. The molecule has 1 radical (unpaired) electrons. The number of hydrogen-bond acceptors (Lipinski definition) is 4. The maximum absolute atomic E-state index is 11.7. The fraction of sp³-hybridized carbons (Fsp3) is 0.700. The summed E-state index contributed by atoms with van der Waals surface area (Å²) in [6, 6.07) is -2.01. The van der Waals surface area contributed by atoms with Crippen molar-refractivity contribution < 1.29 is 24.6 Å². The number of aliphatic carboxylic acids is 2. The third kappa shape index (κ3) is 5.48. The predicted molar refractivity (Wildman–Crippen MR) is 64.2 cm³/mol. The number of nitrogens with two attached hydrogens (primary N) is 1. The van der Waals surface area contributed by atoms with Crippen LogP contribution >= 0.6 is 0 Å². The maximum atomic E-state index is 11.7. The molecule has 18 heavy (non-hydrogen) atoms. The molecule has 0 saturated carbocycles. The molecule has 103 valence electrons. The van der Waals surface area contributed by atoms with Gasteiger partial charge in [0.05, 0.1) is 0 Å². The van der Waals surface area contributed by atoms with Crippen molar-refractivity contribution in [2.75, 3.05) is 7.05 Å². The molecular formula is C10H17N2O5Se. The molecule has 2 atom stereocenters. The number of carboxylic acids is 2. The first-order valence-electron chi connectivity index (χ1n) is 5.36. The number of rotatable bonds is 8. The van der Waals surface area contributed by atoms with Crippen LogP contribution in [0.4, 0.5) is 0 Å². The fourth-order valence-corrected chi connectivity index (χ4v) is 1.82. The van der Waals surface area contributed by atoms with Crippen LogP contribution in [-0.2, 0) is 14.4 Å². The standard InChI is InChI=1S/C10H17N2O5Se/c1-12(7(4-5-18)10(16)17)8(13)3-2-6(11)9(14)15/h6-7H,2-5,11H2,1H3,(H,14,15)(H,16,17)/t6-,7-/m0/s1. The van der Waals surface area contributed by atoms with E-state index in [4.69, 9.17) is 15.9 Å². The van der Waals surface area contributed by atoms with Crippen molar-refractivity contribution in [2.24, 2.45) is 5.73 Å². The third-order valence-electron chi connectivity index (χ3n) is 2.52. The van der Waals surface area contributed by atoms with E-state index < -0.39 is 29.9 Å². The summed E-state index contributed by atoms with van der Waals surface area (Å²) in [7, 11) is 1.39. The summed E-state index contributed by atoms with van der Waals surface area (Å²) in [5, 5.41) is 18.0. The average Bonchev–Trinajstić information content (AvgIpc) is 2.30. The van der Waals surface area contributed by atoms with Crippen LogP contribution in [0.1, 0.15) is 19.3 Å². The molecule has 0 spiro atoms. The molecule has 1 amide bonds. The summed E-state index contributed by atoms with van der Waals surface area (Å²) in [5.41, 5.74) is 5.27. The van der Waals surface area contributed by atoms with E-state index >= 15 is 0 Å². The first kappa shape index (κ1) is 16.9. The van der Waals surface area contributed by atoms with Gasteiger partial charge >= 0.3 is 113 Å². The Labute approximate surface area is 113 Å². The quantitative estimate of drug-likeness (QED) is 0.496. The van der Waals surface area contributed by atoms with E-state index in [1.807, 2.05) is 0 Å². The molecule has 0 aromatic rings. The zero-order chi connectivity index (χ0) is 14.3. The van der Waals surface area contributed by atoms with E-state index in [0.717, 1.165) is 4.90 Å². The van der Waals surface area contributed by atoms with Crippen molar-refractivity contribution in [3.05, 3.63) is 0 Å². The molecule has 0 saturated heterocycles. The Balaban J connectivity index is 4.39. The number of nitrogens with zero attached hydrogens (tertiary/aromatic N) is 1. The van der Waals surface area contributed by atoms with E-state index in [9.17, 15) is 14.4 Å². The molecule has 0 aliphatic carbocycles. The van der Waals surface area contributed by atoms with Gasteiger partial charge in [0.1, 0.15) is 0 Å². The van der Waals surface area contributed by atoms with Gasteiger partial charge in [-0.15, -0.1) is 0 Å². The summed E-state index contributed by atoms with van der Waals surface area (Å²) in [6.07, 6.45) is 0.215. The van der Waals surface area contributed by atoms with Gasteiger partial charge in [-0.25, -0.2) is 0 Å². The minimum absolute atomic E-state index is 0.0108. The number of carboxylic acid groups (broad SMARTS) is 2. The third-order valence-corrected chi connectivity index (χ3v) is 3.02. The number of hydrogen-bond donors (Lipinski definition) is 3. The van der Waals surface area contributed by atoms with Crippen LogP contribution in [0.3, 0.4) is 0 Å². The fourth-order valence-electron chi connectivity index (χ4n) is 1.35. The zero-order valence-electron chi connectivity index (χ0n) is 10.0. The SMILES string of the molecule is CN(C(=O)CC[C@H](N)C(=O)O)[C@@H](CC[Se])C(=O)O. The van der Waals surface area contributed by atoms with Crippen molar-refractivity contribution in [2.45, 2.75) is 36.7 Å². The molecule has 0 aliphatic heterocycles. The van der Waals surface area contributed by atoms with E-state index in [0.29, 0.717) is 11.7 Å². The van der Waals surface area contributed by atoms with E-state index in [2.05, 4.69) is 16.0 Å². The van der Waals surface area contributed by atoms with Crippen LogP contribution in [0.2, 0.25) is 5.32 Å². The molecule has 7 nitrogen and oxygen atoms in total.